The van der Waals surface area contributed by atoms with Crippen molar-refractivity contribution in [2.75, 3.05) is 46.5 Å². The molecular formula is C19H28N4O5. The Bertz CT molecular complexity index is 647. The molecule has 9 nitrogen and oxygen atoms in total. The van der Waals surface area contributed by atoms with Gasteiger partial charge in [-0.15, -0.1) is 0 Å². The largest absolute Gasteiger partial charge is 0.466 e. The molecule has 0 N–H and O–H groups in total. The summed E-state index contributed by atoms with van der Waals surface area (Å²) in [6.07, 6.45) is 5.79. The number of methoxy groups -OCH3 is 1. The Morgan fingerprint density at radius 3 is 2.57 bits per heavy atom. The first kappa shape index (κ1) is 21.7. The van der Waals surface area contributed by atoms with Crippen LogP contribution in [-0.4, -0.2) is 84.1 Å². The molecule has 0 aromatic carbocycles. The van der Waals surface area contributed by atoms with Gasteiger partial charge in [0.25, 0.3) is 5.91 Å². The molecule has 2 rings (SSSR count). The number of aromatic nitrogens is 2. The summed E-state index contributed by atoms with van der Waals surface area (Å²) < 4.78 is 10.1. The van der Waals surface area contributed by atoms with E-state index in [1.54, 1.807) is 23.8 Å². The lowest BCUT2D eigenvalue weighted by atomic mass is 9.97. The molecule has 1 aromatic heterocycles. The molecule has 28 heavy (non-hydrogen) atoms. The van der Waals surface area contributed by atoms with Crippen molar-refractivity contribution in [3.8, 4) is 0 Å². The van der Waals surface area contributed by atoms with Crippen molar-refractivity contribution in [3.05, 3.63) is 24.3 Å². The number of carbonyl (C=O) groups excluding carboxylic acids is 3. The van der Waals surface area contributed by atoms with Gasteiger partial charge in [-0.2, -0.15) is 0 Å². The molecule has 1 aliphatic heterocycles. The molecule has 1 aromatic rings. The van der Waals surface area contributed by atoms with Gasteiger partial charge in [-0.25, -0.2) is 4.98 Å². The quantitative estimate of drug-likeness (QED) is 0.572. The van der Waals surface area contributed by atoms with Crippen LogP contribution in [0.3, 0.4) is 0 Å². The third-order valence-corrected chi connectivity index (χ3v) is 4.70. The number of esters is 1. The molecule has 0 spiro atoms. The molecule has 154 valence electrons. The van der Waals surface area contributed by atoms with E-state index >= 15 is 0 Å². The summed E-state index contributed by atoms with van der Waals surface area (Å²) in [6, 6.07) is 0. The highest BCUT2D eigenvalue weighted by molar-refractivity contribution is 5.92. The van der Waals surface area contributed by atoms with Gasteiger partial charge >= 0.3 is 5.97 Å². The normalized spacial score (nSPS) is 14.6. The zero-order valence-corrected chi connectivity index (χ0v) is 16.5. The Morgan fingerprint density at radius 1 is 1.21 bits per heavy atom. The van der Waals surface area contributed by atoms with E-state index in [1.165, 1.54) is 18.6 Å². The minimum absolute atomic E-state index is 0.0309. The average molecular weight is 392 g/mol. The second-order valence-corrected chi connectivity index (χ2v) is 6.53. The van der Waals surface area contributed by atoms with Gasteiger partial charge in [0.15, 0.2) is 0 Å². The number of amides is 2. The molecule has 0 saturated carbocycles. The number of hydrogen-bond acceptors (Lipinski definition) is 7. The maximum Gasteiger partial charge on any atom is 0.309 e. The fourth-order valence-electron chi connectivity index (χ4n) is 3.10. The van der Waals surface area contributed by atoms with Gasteiger partial charge in [-0.3, -0.25) is 19.4 Å². The summed E-state index contributed by atoms with van der Waals surface area (Å²) in [6.45, 7) is 4.21. The van der Waals surface area contributed by atoms with Crippen LogP contribution < -0.4 is 0 Å². The van der Waals surface area contributed by atoms with Crippen molar-refractivity contribution in [2.45, 2.75) is 26.2 Å². The number of hydrogen-bond donors (Lipinski definition) is 0. The lowest BCUT2D eigenvalue weighted by Crippen LogP contribution is -2.43. The molecule has 0 atom stereocenters. The van der Waals surface area contributed by atoms with Crippen LogP contribution in [0.2, 0.25) is 0 Å². The monoisotopic (exact) mass is 392 g/mol. The molecule has 2 heterocycles. The third kappa shape index (κ3) is 6.26. The zero-order valence-electron chi connectivity index (χ0n) is 16.5. The van der Waals surface area contributed by atoms with Crippen molar-refractivity contribution in [3.63, 3.8) is 0 Å². The first-order valence-corrected chi connectivity index (χ1v) is 9.55. The summed E-state index contributed by atoms with van der Waals surface area (Å²) in [5, 5.41) is 0. The zero-order chi connectivity index (χ0) is 20.4. The van der Waals surface area contributed by atoms with Crippen LogP contribution in [-0.2, 0) is 19.1 Å². The van der Waals surface area contributed by atoms with Gasteiger partial charge < -0.3 is 19.3 Å². The molecular weight excluding hydrogens is 364 g/mol. The second kappa shape index (κ2) is 11.3. The fourth-order valence-corrected chi connectivity index (χ4v) is 3.10. The molecule has 0 radical (unpaired) electrons. The van der Waals surface area contributed by atoms with E-state index in [0.717, 1.165) is 0 Å². The number of piperidine rings is 1. The number of ether oxygens (including phenoxy) is 2. The predicted molar refractivity (Wildman–Crippen MR) is 100 cm³/mol. The van der Waals surface area contributed by atoms with Crippen molar-refractivity contribution in [1.82, 2.24) is 19.8 Å². The first-order valence-electron chi connectivity index (χ1n) is 9.55. The van der Waals surface area contributed by atoms with Gasteiger partial charge in [0.05, 0.1) is 25.3 Å². The third-order valence-electron chi connectivity index (χ3n) is 4.70. The van der Waals surface area contributed by atoms with Crippen LogP contribution >= 0.6 is 0 Å². The highest BCUT2D eigenvalue weighted by Gasteiger charge is 2.28. The number of likely N-dealkylation sites (tertiary alicyclic amines) is 1. The number of rotatable bonds is 9. The van der Waals surface area contributed by atoms with Crippen LogP contribution in [0.4, 0.5) is 0 Å². The van der Waals surface area contributed by atoms with Crippen molar-refractivity contribution in [1.29, 1.82) is 0 Å². The van der Waals surface area contributed by atoms with E-state index in [4.69, 9.17) is 9.47 Å². The SMILES string of the molecule is CCOC(=O)C1CCN(C(=O)CCN(CCOC)C(=O)c2cnccn2)CC1. The Morgan fingerprint density at radius 2 is 1.96 bits per heavy atom. The topological polar surface area (TPSA) is 102 Å². The fraction of sp³-hybridized carbons (Fsp3) is 0.632. The molecule has 0 bridgehead atoms. The summed E-state index contributed by atoms with van der Waals surface area (Å²) in [7, 11) is 1.56. The van der Waals surface area contributed by atoms with Crippen LogP contribution in [0.5, 0.6) is 0 Å². The van der Waals surface area contributed by atoms with Gasteiger partial charge in [-0.05, 0) is 19.8 Å². The Balaban J connectivity index is 1.86. The minimum Gasteiger partial charge on any atom is -0.466 e. The Kier molecular flexibility index (Phi) is 8.80. The van der Waals surface area contributed by atoms with E-state index in [1.807, 2.05) is 0 Å². The molecule has 1 aliphatic rings. The molecule has 9 heteroatoms. The van der Waals surface area contributed by atoms with Crippen molar-refractivity contribution < 1.29 is 23.9 Å². The minimum atomic E-state index is -0.279. The summed E-state index contributed by atoms with van der Waals surface area (Å²) in [5.74, 6) is -0.633. The maximum absolute atomic E-state index is 12.6. The molecule has 1 saturated heterocycles. The maximum atomic E-state index is 12.6. The summed E-state index contributed by atoms with van der Waals surface area (Å²) in [5.41, 5.74) is 0.237. The van der Waals surface area contributed by atoms with E-state index in [2.05, 4.69) is 9.97 Å². The van der Waals surface area contributed by atoms with E-state index in [0.29, 0.717) is 45.7 Å². The highest BCUT2D eigenvalue weighted by Crippen LogP contribution is 2.19. The highest BCUT2D eigenvalue weighted by atomic mass is 16.5. The van der Waals surface area contributed by atoms with Crippen molar-refractivity contribution in [2.24, 2.45) is 5.92 Å². The number of nitrogens with zero attached hydrogens (tertiary/aromatic N) is 4. The summed E-state index contributed by atoms with van der Waals surface area (Å²) >= 11 is 0. The van der Waals surface area contributed by atoms with Crippen LogP contribution in [0.1, 0.15) is 36.7 Å². The van der Waals surface area contributed by atoms with E-state index in [9.17, 15) is 14.4 Å². The Hall–Kier alpha value is -2.55. The van der Waals surface area contributed by atoms with Gasteiger partial charge in [0, 0.05) is 52.1 Å². The van der Waals surface area contributed by atoms with Crippen molar-refractivity contribution >= 4 is 17.8 Å². The van der Waals surface area contributed by atoms with E-state index < -0.39 is 0 Å². The molecule has 0 aliphatic carbocycles. The Labute approximate surface area is 165 Å². The van der Waals surface area contributed by atoms with Crippen LogP contribution in [0, 0.1) is 5.92 Å². The predicted octanol–water partition coefficient (Wildman–Crippen LogP) is 0.757. The average Bonchev–Trinajstić information content (AvgIpc) is 2.74. The summed E-state index contributed by atoms with van der Waals surface area (Å²) in [4.78, 5) is 48.2. The van der Waals surface area contributed by atoms with Crippen LogP contribution in [0.15, 0.2) is 18.6 Å². The molecule has 2 amide bonds. The standard InChI is InChI=1S/C19H28N4O5/c1-3-28-19(26)15-4-9-22(10-5-15)17(24)6-11-23(12-13-27-2)18(25)16-14-20-7-8-21-16/h7-8,14-15H,3-6,9-13H2,1-2H3. The van der Waals surface area contributed by atoms with E-state index in [-0.39, 0.29) is 42.4 Å². The van der Waals surface area contributed by atoms with Crippen LogP contribution in [0.25, 0.3) is 0 Å². The molecule has 0 unspecified atom stereocenters. The van der Waals surface area contributed by atoms with Gasteiger partial charge in [0.2, 0.25) is 5.91 Å². The molecule has 1 fully saturated rings. The smallest absolute Gasteiger partial charge is 0.309 e. The van der Waals surface area contributed by atoms with Gasteiger partial charge in [0.1, 0.15) is 5.69 Å². The second-order valence-electron chi connectivity index (χ2n) is 6.53. The number of carbonyl (C=O) groups is 3. The first-order chi connectivity index (χ1) is 13.6. The lowest BCUT2D eigenvalue weighted by molar-refractivity contribution is -0.151. The van der Waals surface area contributed by atoms with Gasteiger partial charge in [-0.1, -0.05) is 0 Å². The lowest BCUT2D eigenvalue weighted by Gasteiger charge is -2.31.